The molecule has 9 N–H and O–H groups in total. The number of alkyl carbamates (subject to hydrolysis) is 1. The summed E-state index contributed by atoms with van der Waals surface area (Å²) in [5, 5.41) is 88.3. The number of hydrogen-bond acceptors (Lipinski definition) is 31. The maximum Gasteiger partial charge on any atom is 0.508 e. The predicted octanol–water partition coefficient (Wildman–Crippen LogP) is 6.06. The number of phenolic OH excluding ortho intramolecular Hbond substituents is 2. The van der Waals surface area contributed by atoms with Crippen LogP contribution < -0.4 is 15.4 Å². The number of aliphatic hydroxyl groups is 5. The van der Waals surface area contributed by atoms with Gasteiger partial charge in [0.25, 0.3) is 5.91 Å². The Labute approximate surface area is 655 Å². The van der Waals surface area contributed by atoms with Crippen molar-refractivity contribution >= 4 is 86.8 Å². The van der Waals surface area contributed by atoms with Gasteiger partial charge in [0.2, 0.25) is 5.78 Å². The summed E-state index contributed by atoms with van der Waals surface area (Å²) in [6.07, 6.45) is -21.4. The van der Waals surface area contributed by atoms with Crippen LogP contribution in [0.25, 0.3) is 0 Å². The normalized spacial score (nSPS) is 29.0. The molecule has 0 spiro atoms. The lowest BCUT2D eigenvalue weighted by Crippen LogP contribution is -2.82. The summed E-state index contributed by atoms with van der Waals surface area (Å²) in [5.74, 6) is -12.0. The summed E-state index contributed by atoms with van der Waals surface area (Å²) < 4.78 is 66.0. The fraction of sp³-hybridized carbons (Fsp3) is 0.463. The minimum absolute atomic E-state index is 0.000588. The van der Waals surface area contributed by atoms with Crippen molar-refractivity contribution in [3.63, 3.8) is 0 Å². The number of benzene rings is 5. The van der Waals surface area contributed by atoms with Gasteiger partial charge < -0.3 is 98.5 Å². The van der Waals surface area contributed by atoms with E-state index in [1.807, 2.05) is 0 Å². The first-order valence-corrected chi connectivity index (χ1v) is 38.9. The molecule has 33 heteroatoms. The molecular formula is C80H86N2O29S2. The third-order valence-electron chi connectivity index (χ3n) is 22.6. The maximum absolute atomic E-state index is 16.5. The minimum atomic E-state index is -2.60. The number of carbonyl (C=O) groups excluding carboxylic acids is 11. The number of fused-ring (bicyclic) bond motifs is 8. The Kier molecular flexibility index (Phi) is 24.1. The zero-order chi connectivity index (χ0) is 81.6. The standard InChI is InChI=1S/C80H86N2O29S2/c1-38-49(108-73(96)66(92)60(42-19-12-9-13-20-42)82-71(94)43-21-14-10-15-22-43)35-80(100)70(110-72(95)44-23-16-11-17-24-44)68-77(7,69(93)67(106-40(3)84)59(38)76(80,5)6)52(32-53-79(68,37-104-53)111-41(4)85)109-75(98)103-28-30-113-112-29-27-102-74(97)81-47-31-54(105-39(2)61(47)87)107-50-34-78(99,51(86)36-83)33-46-56(50)65(91)58-57(63(46)89)62(88)45-25-18-26-48(101-8)55(45)64(58)90/h9-26,39,47,49-50,52-54,60-61,66-68,70,83,87,89,91-92,99-100H,27-37H2,1-8H3,(H,81,97)(H,82,94)/t39?,47?,49?,50?,52-,53?,54?,60-,61?,66+,67+,68-,70?,77+,78?,79-,80+/m0/s1. The molecule has 7 aliphatic rings. The fourth-order valence-corrected chi connectivity index (χ4v) is 18.6. The minimum Gasteiger partial charge on any atom is -0.507 e. The van der Waals surface area contributed by atoms with Crippen molar-refractivity contribution in [1.82, 2.24) is 10.6 Å². The number of rotatable bonds is 24. The van der Waals surface area contributed by atoms with Gasteiger partial charge in [-0.1, -0.05) is 114 Å². The third-order valence-corrected chi connectivity index (χ3v) is 25.0. The van der Waals surface area contributed by atoms with E-state index in [4.69, 9.17) is 52.1 Å². The molecule has 5 aliphatic carbocycles. The quantitative estimate of drug-likeness (QED) is 0.00830. The maximum atomic E-state index is 16.5. The Morgan fingerprint density at radius 2 is 1.36 bits per heavy atom. The van der Waals surface area contributed by atoms with Crippen molar-refractivity contribution in [2.75, 3.05) is 45.0 Å². The number of carbonyl (C=O) groups is 11. The predicted molar refractivity (Wildman–Crippen MR) is 395 cm³/mol. The summed E-state index contributed by atoms with van der Waals surface area (Å²) in [6, 6.07) is 25.2. The molecule has 2 saturated carbocycles. The van der Waals surface area contributed by atoms with Crippen molar-refractivity contribution in [1.29, 1.82) is 0 Å². The van der Waals surface area contributed by atoms with Gasteiger partial charge in [-0.3, -0.25) is 33.6 Å². The van der Waals surface area contributed by atoms with Gasteiger partial charge in [0, 0.05) is 85.1 Å². The van der Waals surface area contributed by atoms with Gasteiger partial charge in [-0.15, -0.1) is 0 Å². The topological polar surface area (TPSA) is 455 Å². The number of Topliss-reactive ketones (excluding diaryl/α,β-unsaturated/α-hetero) is 2. The number of methoxy groups -OCH3 is 1. The van der Waals surface area contributed by atoms with Crippen LogP contribution in [-0.4, -0.2) is 224 Å². The molecule has 12 rings (SSSR count). The van der Waals surface area contributed by atoms with Crippen LogP contribution in [0.2, 0.25) is 0 Å². The molecular weight excluding hydrogens is 1520 g/mol. The first-order valence-electron chi connectivity index (χ1n) is 36.4. The van der Waals surface area contributed by atoms with E-state index in [2.05, 4.69) is 10.6 Å². The van der Waals surface area contributed by atoms with Crippen LogP contribution >= 0.6 is 21.6 Å². The fourth-order valence-electron chi connectivity index (χ4n) is 17.0. The number of phenols is 2. The van der Waals surface area contributed by atoms with Gasteiger partial charge in [-0.05, 0) is 67.8 Å². The van der Waals surface area contributed by atoms with E-state index in [0.29, 0.717) is 5.56 Å². The first-order chi connectivity index (χ1) is 53.6. The number of amides is 2. The zero-order valence-corrected chi connectivity index (χ0v) is 64.2. The lowest BCUT2D eigenvalue weighted by molar-refractivity contribution is -0.346. The van der Waals surface area contributed by atoms with E-state index in [-0.39, 0.29) is 81.4 Å². The van der Waals surface area contributed by atoms with Crippen molar-refractivity contribution in [2.45, 2.75) is 171 Å². The average Bonchev–Trinajstić information content (AvgIpc) is 0.665. The Balaban J connectivity index is 0.730. The Bertz CT molecular complexity index is 4620. The van der Waals surface area contributed by atoms with Crippen LogP contribution in [-0.2, 0) is 77.8 Å². The third kappa shape index (κ3) is 15.4. The second-order valence-electron chi connectivity index (χ2n) is 29.6. The number of aliphatic hydroxyl groups excluding tert-OH is 3. The summed E-state index contributed by atoms with van der Waals surface area (Å²) in [6.45, 7) is 7.17. The molecule has 0 aromatic heterocycles. The summed E-state index contributed by atoms with van der Waals surface area (Å²) >= 11 is 0. The van der Waals surface area contributed by atoms with Gasteiger partial charge in [0.15, 0.2) is 41.4 Å². The molecule has 31 nitrogen and oxygen atoms in total. The molecule has 5 aromatic carbocycles. The number of esters is 4. The van der Waals surface area contributed by atoms with Crippen molar-refractivity contribution in [3.05, 3.63) is 170 Å². The van der Waals surface area contributed by atoms with E-state index in [0.717, 1.165) is 13.8 Å². The Morgan fingerprint density at radius 3 is 1.98 bits per heavy atom. The first kappa shape index (κ1) is 82.6. The molecule has 2 aliphatic heterocycles. The summed E-state index contributed by atoms with van der Waals surface area (Å²) in [7, 11) is 3.63. The van der Waals surface area contributed by atoms with Gasteiger partial charge in [0.1, 0.15) is 78.8 Å². The number of ether oxygens (including phenoxy) is 11. The largest absolute Gasteiger partial charge is 0.508 e. The second-order valence-corrected chi connectivity index (χ2v) is 32.3. The summed E-state index contributed by atoms with van der Waals surface area (Å²) in [4.78, 5) is 156. The SMILES string of the molecule is COc1cccc2c1C(=O)c1c(O)c3c(c(O)c1C2=O)CC(O)(C(=O)CO)CC3OC1CC(NC(=O)OCCSSCCOC(=O)O[C@H]2CC3OC[C@@]3(OC(C)=O)[C@H]3C(OC(=O)c4ccccc4)[C@]4(O)CC(OC(=O)[C@H](O)[C@@H](NC(=O)c5ccccc5)c5ccccc5)C(C)=C([C@@H](OC(C)=O)C(=O)[C@]23C)C4(C)C)C(O)C(C)O1. The monoisotopic (exact) mass is 1600 g/mol. The van der Waals surface area contributed by atoms with Crippen LogP contribution in [0.5, 0.6) is 17.2 Å². The Morgan fingerprint density at radius 1 is 0.726 bits per heavy atom. The zero-order valence-electron chi connectivity index (χ0n) is 62.6. The van der Waals surface area contributed by atoms with Crippen LogP contribution in [0.15, 0.2) is 120 Å². The number of aromatic hydroxyl groups is 2. The molecule has 5 aromatic rings. The van der Waals surface area contributed by atoms with Crippen molar-refractivity contribution in [3.8, 4) is 17.2 Å². The molecule has 2 heterocycles. The summed E-state index contributed by atoms with van der Waals surface area (Å²) in [5.41, 5.74) is -13.0. The highest BCUT2D eigenvalue weighted by Gasteiger charge is 2.79. The highest BCUT2D eigenvalue weighted by molar-refractivity contribution is 8.76. The highest BCUT2D eigenvalue weighted by atomic mass is 33.1. The second kappa shape index (κ2) is 33.0. The Hall–Kier alpha value is -9.81. The lowest BCUT2D eigenvalue weighted by Gasteiger charge is -2.67. The molecule has 2 bridgehead atoms. The van der Waals surface area contributed by atoms with Crippen LogP contribution in [0, 0.1) is 16.7 Å². The molecule has 9 unspecified atom stereocenters. The molecule has 17 atom stereocenters. The molecule has 2 saturated heterocycles. The number of ketones is 4. The van der Waals surface area contributed by atoms with Crippen molar-refractivity contribution < 1.29 is 141 Å². The number of hydrogen-bond donors (Lipinski definition) is 9. The molecule has 602 valence electrons. The van der Waals surface area contributed by atoms with Crippen molar-refractivity contribution in [2.24, 2.45) is 16.7 Å². The lowest BCUT2D eigenvalue weighted by atomic mass is 9.44. The van der Waals surface area contributed by atoms with Gasteiger partial charge in [-0.2, -0.15) is 0 Å². The van der Waals surface area contributed by atoms with Crippen LogP contribution in [0.3, 0.4) is 0 Å². The van der Waals surface area contributed by atoms with Gasteiger partial charge in [0.05, 0.1) is 71.6 Å². The van der Waals surface area contributed by atoms with E-state index in [9.17, 15) is 83.7 Å². The smallest absolute Gasteiger partial charge is 0.507 e. The molecule has 0 radical (unpaired) electrons. The average molecular weight is 1600 g/mol. The van der Waals surface area contributed by atoms with Gasteiger partial charge >= 0.3 is 36.1 Å². The molecule has 4 fully saturated rings. The van der Waals surface area contributed by atoms with E-state index in [1.165, 1.54) is 106 Å². The van der Waals surface area contributed by atoms with E-state index >= 15 is 4.79 Å². The molecule has 2 amide bonds. The van der Waals surface area contributed by atoms with Gasteiger partial charge in [-0.25, -0.2) is 19.2 Å². The van der Waals surface area contributed by atoms with E-state index in [1.54, 1.807) is 66.7 Å². The van der Waals surface area contributed by atoms with E-state index < -0.39 is 234 Å². The molecule has 113 heavy (non-hydrogen) atoms. The van der Waals surface area contributed by atoms with Crippen LogP contribution in [0.4, 0.5) is 9.59 Å². The van der Waals surface area contributed by atoms with Crippen LogP contribution in [0.1, 0.15) is 156 Å². The highest BCUT2D eigenvalue weighted by Crippen LogP contribution is 2.65. The number of nitrogens with one attached hydrogen (secondary N) is 2.